The zero-order valence-corrected chi connectivity index (χ0v) is 14.2. The molecule has 3 aliphatic rings. The molecule has 3 fully saturated rings. The van der Waals surface area contributed by atoms with Crippen molar-refractivity contribution in [3.8, 4) is 0 Å². The zero-order valence-electron chi connectivity index (χ0n) is 14.2. The number of allylic oxidation sites excluding steroid dienone is 2. The van der Waals surface area contributed by atoms with Gasteiger partial charge in [-0.1, -0.05) is 18.9 Å². The van der Waals surface area contributed by atoms with Gasteiger partial charge in [-0.25, -0.2) is 0 Å². The fourth-order valence-corrected chi connectivity index (χ4v) is 4.41. The van der Waals surface area contributed by atoms with Crippen LogP contribution >= 0.6 is 0 Å². The highest BCUT2D eigenvalue weighted by Crippen LogP contribution is 2.63. The largest absolute Gasteiger partial charge is 0.425 e. The zero-order chi connectivity index (χ0) is 16.0. The van der Waals surface area contributed by atoms with Crippen LogP contribution in [0.2, 0.25) is 0 Å². The minimum Gasteiger partial charge on any atom is -0.425 e. The van der Waals surface area contributed by atoms with Gasteiger partial charge in [-0.2, -0.15) is 0 Å². The molecule has 0 unspecified atom stereocenters. The van der Waals surface area contributed by atoms with Crippen molar-refractivity contribution in [2.24, 2.45) is 17.3 Å². The van der Waals surface area contributed by atoms with Crippen molar-refractivity contribution in [2.75, 3.05) is 0 Å². The van der Waals surface area contributed by atoms with Gasteiger partial charge in [0.15, 0.2) is 5.78 Å². The van der Waals surface area contributed by atoms with Crippen molar-refractivity contribution < 1.29 is 9.21 Å². The number of carbonyl (C=O) groups excluding carboxylic acids is 1. The third-order valence-electron chi connectivity index (χ3n) is 6.40. The lowest BCUT2D eigenvalue weighted by Crippen LogP contribution is -2.26. The maximum atomic E-state index is 11.6. The van der Waals surface area contributed by atoms with Crippen molar-refractivity contribution in [3.05, 3.63) is 23.4 Å². The molecule has 0 aliphatic heterocycles. The van der Waals surface area contributed by atoms with E-state index < -0.39 is 0 Å². The summed E-state index contributed by atoms with van der Waals surface area (Å²) >= 11 is 0. The highest BCUT2D eigenvalue weighted by atomic mass is 16.4. The number of nitrogens with zero attached hydrogens (tertiary/aromatic N) is 2. The van der Waals surface area contributed by atoms with Crippen LogP contribution < -0.4 is 0 Å². The van der Waals surface area contributed by atoms with Crippen LogP contribution in [-0.4, -0.2) is 16.0 Å². The Balaban J connectivity index is 1.57. The Morgan fingerprint density at radius 2 is 2.13 bits per heavy atom. The van der Waals surface area contributed by atoms with E-state index >= 15 is 0 Å². The van der Waals surface area contributed by atoms with Crippen LogP contribution in [0.4, 0.5) is 0 Å². The quantitative estimate of drug-likeness (QED) is 0.781. The summed E-state index contributed by atoms with van der Waals surface area (Å²) in [7, 11) is 0. The summed E-state index contributed by atoms with van der Waals surface area (Å²) in [5.74, 6) is 3.19. The molecular weight excluding hydrogens is 288 g/mol. The average molecular weight is 314 g/mol. The van der Waals surface area contributed by atoms with E-state index in [0.29, 0.717) is 11.3 Å². The molecule has 0 saturated heterocycles. The lowest BCUT2D eigenvalue weighted by Gasteiger charge is -2.35. The first-order valence-corrected chi connectivity index (χ1v) is 9.09. The first-order valence-electron chi connectivity index (χ1n) is 9.09. The Labute approximate surface area is 137 Å². The molecule has 1 heterocycles. The van der Waals surface area contributed by atoms with Crippen LogP contribution in [0.5, 0.6) is 0 Å². The average Bonchev–Trinajstić information content (AvgIpc) is 3.08. The SMILES string of the molecule is CC(=O)/C=C1\C[C@H](C)C2(CC2)C[C@H]1c1nnc(CC2CCC2)o1. The molecular formula is C19H26N2O2. The Morgan fingerprint density at radius 1 is 1.35 bits per heavy atom. The summed E-state index contributed by atoms with van der Waals surface area (Å²) in [6.45, 7) is 3.96. The van der Waals surface area contributed by atoms with E-state index in [2.05, 4.69) is 17.1 Å². The van der Waals surface area contributed by atoms with Crippen LogP contribution in [0.3, 0.4) is 0 Å². The number of ketones is 1. The number of rotatable bonds is 4. The molecule has 1 spiro atoms. The molecule has 1 aromatic rings. The molecule has 2 atom stereocenters. The van der Waals surface area contributed by atoms with Gasteiger partial charge in [0.05, 0.1) is 5.92 Å². The third-order valence-corrected chi connectivity index (χ3v) is 6.40. The van der Waals surface area contributed by atoms with Crippen LogP contribution in [0.1, 0.15) is 76.5 Å². The molecule has 0 N–H and O–H groups in total. The summed E-state index contributed by atoms with van der Waals surface area (Å²) in [5.41, 5.74) is 1.66. The van der Waals surface area contributed by atoms with Crippen molar-refractivity contribution in [1.29, 1.82) is 0 Å². The summed E-state index contributed by atoms with van der Waals surface area (Å²) in [6, 6.07) is 0. The van der Waals surface area contributed by atoms with Crippen LogP contribution in [0.25, 0.3) is 0 Å². The van der Waals surface area contributed by atoms with Gasteiger partial charge < -0.3 is 4.42 Å². The van der Waals surface area contributed by atoms with Gasteiger partial charge in [0, 0.05) is 6.42 Å². The predicted molar refractivity (Wildman–Crippen MR) is 86.9 cm³/mol. The highest BCUT2D eigenvalue weighted by molar-refractivity contribution is 5.88. The van der Waals surface area contributed by atoms with Gasteiger partial charge in [-0.15, -0.1) is 10.2 Å². The van der Waals surface area contributed by atoms with E-state index in [-0.39, 0.29) is 11.7 Å². The second-order valence-corrected chi connectivity index (χ2v) is 8.09. The van der Waals surface area contributed by atoms with E-state index in [4.69, 9.17) is 4.42 Å². The van der Waals surface area contributed by atoms with Crippen LogP contribution in [0.15, 0.2) is 16.1 Å². The second kappa shape index (κ2) is 5.57. The lowest BCUT2D eigenvalue weighted by atomic mass is 9.69. The lowest BCUT2D eigenvalue weighted by molar-refractivity contribution is -0.112. The van der Waals surface area contributed by atoms with Crippen molar-refractivity contribution in [3.63, 3.8) is 0 Å². The van der Waals surface area contributed by atoms with Gasteiger partial charge in [-0.05, 0) is 68.8 Å². The number of carbonyl (C=O) groups is 1. The molecule has 3 aliphatic carbocycles. The maximum Gasteiger partial charge on any atom is 0.223 e. The summed E-state index contributed by atoms with van der Waals surface area (Å²) < 4.78 is 6.02. The topological polar surface area (TPSA) is 56.0 Å². The molecule has 4 heteroatoms. The van der Waals surface area contributed by atoms with Gasteiger partial charge in [-0.3, -0.25) is 4.79 Å². The summed E-state index contributed by atoms with van der Waals surface area (Å²) in [5, 5.41) is 8.64. The second-order valence-electron chi connectivity index (χ2n) is 8.09. The van der Waals surface area contributed by atoms with Crippen LogP contribution in [-0.2, 0) is 11.2 Å². The summed E-state index contributed by atoms with van der Waals surface area (Å²) in [4.78, 5) is 11.6. The van der Waals surface area contributed by atoms with Gasteiger partial charge in [0.2, 0.25) is 11.8 Å². The monoisotopic (exact) mass is 314 g/mol. The molecule has 0 amide bonds. The van der Waals surface area contributed by atoms with Crippen LogP contribution in [0, 0.1) is 17.3 Å². The van der Waals surface area contributed by atoms with E-state index in [1.807, 2.05) is 6.08 Å². The Morgan fingerprint density at radius 3 is 2.74 bits per heavy atom. The van der Waals surface area contributed by atoms with E-state index in [1.54, 1.807) is 6.92 Å². The molecule has 23 heavy (non-hydrogen) atoms. The van der Waals surface area contributed by atoms with E-state index in [9.17, 15) is 4.79 Å². The van der Waals surface area contributed by atoms with Crippen molar-refractivity contribution in [1.82, 2.24) is 10.2 Å². The van der Waals surface area contributed by atoms with E-state index in [0.717, 1.165) is 37.0 Å². The first-order chi connectivity index (χ1) is 11.1. The minimum atomic E-state index is 0.123. The number of hydrogen-bond donors (Lipinski definition) is 0. The predicted octanol–water partition coefficient (Wildman–Crippen LogP) is 4.22. The Kier molecular flexibility index (Phi) is 3.66. The molecule has 0 aromatic carbocycles. The van der Waals surface area contributed by atoms with Gasteiger partial charge >= 0.3 is 0 Å². The molecule has 0 bridgehead atoms. The van der Waals surface area contributed by atoms with Crippen molar-refractivity contribution in [2.45, 2.75) is 71.1 Å². The van der Waals surface area contributed by atoms with E-state index in [1.165, 1.54) is 37.7 Å². The summed E-state index contributed by atoms with van der Waals surface area (Å²) in [6.07, 6.45) is 11.3. The minimum absolute atomic E-state index is 0.123. The molecule has 4 rings (SSSR count). The normalized spacial score (nSPS) is 31.3. The standard InChI is InChI=1S/C19H26N2O2/c1-12-8-15(9-13(2)22)16(11-19(12)6-7-19)18-21-20-17(23-18)10-14-4-3-5-14/h9,12,14,16H,3-8,10-11H2,1-2H3/b15-9+/t12-,16+/m0/s1. The fraction of sp³-hybridized carbons (Fsp3) is 0.737. The number of aromatic nitrogens is 2. The Bertz CT molecular complexity index is 638. The maximum absolute atomic E-state index is 11.6. The van der Waals surface area contributed by atoms with Crippen molar-refractivity contribution >= 4 is 5.78 Å². The highest BCUT2D eigenvalue weighted by Gasteiger charge is 2.53. The van der Waals surface area contributed by atoms with Gasteiger partial charge in [0.1, 0.15) is 0 Å². The van der Waals surface area contributed by atoms with Gasteiger partial charge in [0.25, 0.3) is 0 Å². The third kappa shape index (κ3) is 2.88. The first kappa shape index (κ1) is 15.1. The fourth-order valence-electron chi connectivity index (χ4n) is 4.41. The molecule has 4 nitrogen and oxygen atoms in total. The molecule has 0 radical (unpaired) electrons. The molecule has 3 saturated carbocycles. The Hall–Kier alpha value is -1.45. The smallest absolute Gasteiger partial charge is 0.223 e. The molecule has 124 valence electrons. The molecule has 1 aromatic heterocycles. The number of hydrogen-bond acceptors (Lipinski definition) is 4.